The number of rotatable bonds is 3. The Bertz CT molecular complexity index is 336. The van der Waals surface area contributed by atoms with E-state index in [4.69, 9.17) is 0 Å². The maximum atomic E-state index is 4.51. The van der Waals surface area contributed by atoms with Crippen molar-refractivity contribution in [3.05, 3.63) is 5.82 Å². The maximum Gasteiger partial charge on any atom is 0.176 e. The summed E-state index contributed by atoms with van der Waals surface area (Å²) in [6, 6.07) is 1.08. The van der Waals surface area contributed by atoms with Crippen LogP contribution < -0.4 is 5.32 Å². The fraction of sp³-hybridized carbons (Fsp3) is 0.909. The summed E-state index contributed by atoms with van der Waals surface area (Å²) in [7, 11) is 0. The van der Waals surface area contributed by atoms with Crippen LogP contribution in [-0.4, -0.2) is 32.8 Å². The second-order valence-electron chi connectivity index (χ2n) is 4.96. The summed E-state index contributed by atoms with van der Waals surface area (Å²) in [4.78, 5) is 1.84. The molecule has 5 nitrogen and oxygen atoms in total. The van der Waals surface area contributed by atoms with E-state index < -0.39 is 0 Å². The standard InChI is InChI=1S/C11H19N5/c1-2-6-10(5-1)16-14-11(13-15-16)8-9-4-3-7-12-9/h9-10,12H,1-8H2. The van der Waals surface area contributed by atoms with Gasteiger partial charge in [0.2, 0.25) is 0 Å². The lowest BCUT2D eigenvalue weighted by molar-refractivity contribution is 0.402. The van der Waals surface area contributed by atoms with Crippen molar-refractivity contribution in [1.82, 2.24) is 25.5 Å². The third-order valence-corrected chi connectivity index (χ3v) is 3.71. The fourth-order valence-corrected chi connectivity index (χ4v) is 2.78. The molecule has 1 unspecified atom stereocenters. The third-order valence-electron chi connectivity index (χ3n) is 3.71. The molecular formula is C11H19N5. The van der Waals surface area contributed by atoms with Crippen LogP contribution in [0, 0.1) is 0 Å². The van der Waals surface area contributed by atoms with Crippen LogP contribution in [0.5, 0.6) is 0 Å². The van der Waals surface area contributed by atoms with Crippen molar-refractivity contribution < 1.29 is 0 Å². The molecule has 5 heteroatoms. The lowest BCUT2D eigenvalue weighted by Gasteiger charge is -2.06. The first kappa shape index (κ1) is 10.2. The van der Waals surface area contributed by atoms with Gasteiger partial charge < -0.3 is 5.32 Å². The first-order chi connectivity index (χ1) is 7.92. The van der Waals surface area contributed by atoms with E-state index in [9.17, 15) is 0 Å². The maximum absolute atomic E-state index is 4.51. The predicted octanol–water partition coefficient (Wildman–Crippen LogP) is 1.08. The molecule has 1 aromatic heterocycles. The number of nitrogens with zero attached hydrogens (tertiary/aromatic N) is 4. The summed E-state index contributed by atoms with van der Waals surface area (Å²) in [5.74, 6) is 0.909. The summed E-state index contributed by atoms with van der Waals surface area (Å²) in [6.07, 6.45) is 8.53. The second-order valence-corrected chi connectivity index (χ2v) is 4.96. The van der Waals surface area contributed by atoms with Gasteiger partial charge in [0.1, 0.15) is 0 Å². The molecule has 16 heavy (non-hydrogen) atoms. The van der Waals surface area contributed by atoms with Crippen LogP contribution in [0.15, 0.2) is 0 Å². The molecular weight excluding hydrogens is 202 g/mol. The Balaban J connectivity index is 1.62. The summed E-state index contributed by atoms with van der Waals surface area (Å²) in [5.41, 5.74) is 0. The smallest absolute Gasteiger partial charge is 0.176 e. The number of hydrogen-bond acceptors (Lipinski definition) is 4. The van der Waals surface area contributed by atoms with Gasteiger partial charge in [-0.3, -0.25) is 0 Å². The molecule has 0 aromatic carbocycles. The summed E-state index contributed by atoms with van der Waals surface area (Å²) in [5, 5.41) is 16.3. The lowest BCUT2D eigenvalue weighted by atomic mass is 10.1. The van der Waals surface area contributed by atoms with Gasteiger partial charge in [0.15, 0.2) is 5.82 Å². The average Bonchev–Trinajstić information content (AvgIpc) is 2.99. The van der Waals surface area contributed by atoms with Gasteiger partial charge in [-0.25, -0.2) is 0 Å². The molecule has 88 valence electrons. The molecule has 1 saturated heterocycles. The molecule has 0 bridgehead atoms. The van der Waals surface area contributed by atoms with Crippen LogP contribution in [0.4, 0.5) is 0 Å². The minimum Gasteiger partial charge on any atom is -0.314 e. The van der Waals surface area contributed by atoms with Crippen molar-refractivity contribution in [3.63, 3.8) is 0 Å². The van der Waals surface area contributed by atoms with E-state index in [0.29, 0.717) is 12.1 Å². The van der Waals surface area contributed by atoms with E-state index in [0.717, 1.165) is 18.8 Å². The SMILES string of the molecule is C1CNC(Cc2nnn(C3CCCC3)n2)C1. The minimum absolute atomic E-state index is 0.512. The van der Waals surface area contributed by atoms with Crippen LogP contribution in [0.25, 0.3) is 0 Å². The number of nitrogens with one attached hydrogen (secondary N) is 1. The minimum atomic E-state index is 0.512. The Hall–Kier alpha value is -0.970. The van der Waals surface area contributed by atoms with E-state index in [1.807, 2.05) is 4.80 Å². The molecule has 1 aliphatic heterocycles. The first-order valence-corrected chi connectivity index (χ1v) is 6.43. The molecule has 3 rings (SSSR count). The molecule has 2 fully saturated rings. The van der Waals surface area contributed by atoms with Crippen LogP contribution in [0.2, 0.25) is 0 Å². The van der Waals surface area contributed by atoms with Gasteiger partial charge >= 0.3 is 0 Å². The van der Waals surface area contributed by atoms with E-state index in [1.165, 1.54) is 38.5 Å². The largest absolute Gasteiger partial charge is 0.314 e. The van der Waals surface area contributed by atoms with Gasteiger partial charge in [0, 0.05) is 12.5 Å². The summed E-state index contributed by atoms with van der Waals surface area (Å²) in [6.45, 7) is 1.14. The van der Waals surface area contributed by atoms with Crippen molar-refractivity contribution in [2.24, 2.45) is 0 Å². The molecule has 2 aliphatic rings. The molecule has 0 amide bonds. The number of aromatic nitrogens is 4. The summed E-state index contributed by atoms with van der Waals surface area (Å²) >= 11 is 0. The van der Waals surface area contributed by atoms with Crippen LogP contribution in [0.3, 0.4) is 0 Å². The normalized spacial score (nSPS) is 26.6. The average molecular weight is 221 g/mol. The van der Waals surface area contributed by atoms with Gasteiger partial charge in [-0.2, -0.15) is 4.80 Å². The Morgan fingerprint density at radius 3 is 2.81 bits per heavy atom. The van der Waals surface area contributed by atoms with Gasteiger partial charge in [0.05, 0.1) is 6.04 Å². The highest BCUT2D eigenvalue weighted by Crippen LogP contribution is 2.27. The number of tetrazole rings is 1. The fourth-order valence-electron chi connectivity index (χ4n) is 2.78. The monoisotopic (exact) mass is 221 g/mol. The van der Waals surface area contributed by atoms with Gasteiger partial charge in [0.25, 0.3) is 0 Å². The van der Waals surface area contributed by atoms with Crippen molar-refractivity contribution in [2.45, 2.75) is 57.0 Å². The topological polar surface area (TPSA) is 55.6 Å². The zero-order valence-corrected chi connectivity index (χ0v) is 9.60. The van der Waals surface area contributed by atoms with E-state index >= 15 is 0 Å². The Morgan fingerprint density at radius 2 is 2.06 bits per heavy atom. The Morgan fingerprint density at radius 1 is 1.19 bits per heavy atom. The molecule has 2 heterocycles. The van der Waals surface area contributed by atoms with Gasteiger partial charge in [-0.1, -0.05) is 12.8 Å². The highest BCUT2D eigenvalue weighted by Gasteiger charge is 2.21. The highest BCUT2D eigenvalue weighted by atomic mass is 15.6. The van der Waals surface area contributed by atoms with Crippen LogP contribution >= 0.6 is 0 Å². The van der Waals surface area contributed by atoms with Crippen molar-refractivity contribution in [1.29, 1.82) is 0 Å². The molecule has 0 spiro atoms. The quantitative estimate of drug-likeness (QED) is 0.830. The van der Waals surface area contributed by atoms with Crippen molar-refractivity contribution in [3.8, 4) is 0 Å². The molecule has 1 aliphatic carbocycles. The zero-order valence-electron chi connectivity index (χ0n) is 9.60. The molecule has 1 aromatic rings. The van der Waals surface area contributed by atoms with E-state index in [2.05, 4.69) is 20.7 Å². The molecule has 1 N–H and O–H groups in total. The number of hydrogen-bond donors (Lipinski definition) is 1. The Labute approximate surface area is 95.6 Å². The Kier molecular flexibility index (Phi) is 2.86. The van der Waals surface area contributed by atoms with E-state index in [-0.39, 0.29) is 0 Å². The van der Waals surface area contributed by atoms with Gasteiger partial charge in [-0.15, -0.1) is 10.2 Å². The van der Waals surface area contributed by atoms with Gasteiger partial charge in [-0.05, 0) is 37.4 Å². The first-order valence-electron chi connectivity index (χ1n) is 6.43. The predicted molar refractivity (Wildman–Crippen MR) is 60.1 cm³/mol. The third kappa shape index (κ3) is 2.09. The van der Waals surface area contributed by atoms with Crippen molar-refractivity contribution in [2.75, 3.05) is 6.54 Å². The molecule has 1 saturated carbocycles. The van der Waals surface area contributed by atoms with Crippen LogP contribution in [-0.2, 0) is 6.42 Å². The summed E-state index contributed by atoms with van der Waals surface area (Å²) < 4.78 is 0. The highest BCUT2D eigenvalue weighted by molar-refractivity contribution is 4.88. The molecule has 1 atom stereocenters. The van der Waals surface area contributed by atoms with E-state index in [1.54, 1.807) is 0 Å². The second kappa shape index (κ2) is 4.49. The van der Waals surface area contributed by atoms with Crippen LogP contribution in [0.1, 0.15) is 50.4 Å². The zero-order chi connectivity index (χ0) is 10.8. The lowest BCUT2D eigenvalue weighted by Crippen LogP contribution is -2.24. The molecule has 0 radical (unpaired) electrons. The van der Waals surface area contributed by atoms with Crippen molar-refractivity contribution >= 4 is 0 Å².